The second-order valence-electron chi connectivity index (χ2n) is 4.42. The molecule has 2 aromatic rings. The second kappa shape index (κ2) is 4.99. The van der Waals surface area contributed by atoms with Gasteiger partial charge in [0.2, 0.25) is 11.9 Å². The summed E-state index contributed by atoms with van der Waals surface area (Å²) in [4.78, 5) is 18.7. The third kappa shape index (κ3) is 2.17. The van der Waals surface area contributed by atoms with Crippen LogP contribution in [-0.2, 0) is 4.79 Å². The van der Waals surface area contributed by atoms with E-state index < -0.39 is 5.92 Å². The first-order chi connectivity index (χ1) is 10.2. The van der Waals surface area contributed by atoms with E-state index in [0.717, 1.165) is 5.56 Å². The monoisotopic (exact) mass is 279 g/mol. The maximum Gasteiger partial charge on any atom is 0.237 e. The van der Waals surface area contributed by atoms with Gasteiger partial charge in [-0.25, -0.2) is 4.98 Å². The molecule has 1 aliphatic rings. The molecule has 2 N–H and O–H groups in total. The van der Waals surface area contributed by atoms with Crippen LogP contribution in [0.3, 0.4) is 0 Å². The summed E-state index contributed by atoms with van der Waals surface area (Å²) in [7, 11) is 0. The lowest BCUT2D eigenvalue weighted by Gasteiger charge is -2.07. The minimum atomic E-state index is -0.442. The summed E-state index contributed by atoms with van der Waals surface area (Å²) in [5, 5.41) is 20.2. The van der Waals surface area contributed by atoms with E-state index in [1.807, 2.05) is 24.3 Å². The summed E-state index contributed by atoms with van der Waals surface area (Å²) >= 11 is 0. The Hall–Kier alpha value is -3.32. The van der Waals surface area contributed by atoms with Crippen molar-refractivity contribution in [3.05, 3.63) is 41.2 Å². The number of fused-ring (bicyclic) bond motifs is 1. The van der Waals surface area contributed by atoms with Crippen molar-refractivity contribution in [1.82, 2.24) is 9.97 Å². The number of nitrogens with one attached hydrogen (secondary N) is 2. The summed E-state index contributed by atoms with van der Waals surface area (Å²) in [6.45, 7) is 0.252. The molecular weight excluding hydrogens is 270 g/mol. The smallest absolute Gasteiger partial charge is 0.237 e. The lowest BCUT2D eigenvalue weighted by Crippen LogP contribution is -2.22. The predicted molar refractivity (Wildman–Crippen MR) is 71.3 cm³/mol. The van der Waals surface area contributed by atoms with Crippen LogP contribution in [-0.4, -0.2) is 22.5 Å². The van der Waals surface area contributed by atoms with E-state index in [9.17, 15) is 4.79 Å². The van der Waals surface area contributed by atoms with Gasteiger partial charge in [0.05, 0.1) is 0 Å². The highest BCUT2D eigenvalue weighted by Gasteiger charge is 2.30. The average Bonchev–Trinajstić information content (AvgIpc) is 3.10. The van der Waals surface area contributed by atoms with Crippen LogP contribution in [0.5, 0.6) is 5.75 Å². The van der Waals surface area contributed by atoms with Gasteiger partial charge < -0.3 is 9.72 Å². The highest BCUT2D eigenvalue weighted by molar-refractivity contribution is 5.95. The third-order valence-electron chi connectivity index (χ3n) is 3.18. The number of hydrogen-bond acceptors (Lipinski definition) is 5. The van der Waals surface area contributed by atoms with Gasteiger partial charge in [0.1, 0.15) is 30.4 Å². The Bertz CT molecular complexity index is 765. The quantitative estimate of drug-likeness (QED) is 0.859. The Balaban J connectivity index is 1.81. The van der Waals surface area contributed by atoms with Gasteiger partial charge in [0, 0.05) is 5.56 Å². The Morgan fingerprint density at radius 1 is 1.38 bits per heavy atom. The molecule has 7 nitrogen and oxygen atoms in total. The Kier molecular flexibility index (Phi) is 3.02. The minimum Gasteiger partial charge on any atom is -0.492 e. The van der Waals surface area contributed by atoms with Gasteiger partial charge in [-0.1, -0.05) is 18.2 Å². The highest BCUT2D eigenvalue weighted by Crippen LogP contribution is 2.33. The number of benzene rings is 1. The van der Waals surface area contributed by atoms with Crippen molar-refractivity contribution in [3.8, 4) is 17.9 Å². The van der Waals surface area contributed by atoms with Crippen molar-refractivity contribution < 1.29 is 9.53 Å². The number of ether oxygens (including phenoxy) is 1. The zero-order valence-corrected chi connectivity index (χ0v) is 10.8. The molecule has 1 atom stereocenters. The molecule has 0 aliphatic carbocycles. The number of imidazole rings is 1. The van der Waals surface area contributed by atoms with Crippen LogP contribution in [0.4, 0.5) is 5.95 Å². The number of rotatable bonds is 2. The van der Waals surface area contributed by atoms with Crippen molar-refractivity contribution in [2.24, 2.45) is 0 Å². The molecule has 1 amide bonds. The molecule has 3 rings (SSSR count). The van der Waals surface area contributed by atoms with Gasteiger partial charge in [0.25, 0.3) is 0 Å². The van der Waals surface area contributed by atoms with Crippen molar-refractivity contribution in [2.45, 2.75) is 5.92 Å². The summed E-state index contributed by atoms with van der Waals surface area (Å²) in [5.74, 6) is 0.0232. The largest absolute Gasteiger partial charge is 0.492 e. The lowest BCUT2D eigenvalue weighted by molar-refractivity contribution is -0.117. The summed E-state index contributed by atoms with van der Waals surface area (Å²) in [5.41, 5.74) is 0.786. The van der Waals surface area contributed by atoms with Gasteiger partial charge in [-0.3, -0.25) is 10.1 Å². The van der Waals surface area contributed by atoms with Crippen LogP contribution in [0.1, 0.15) is 22.9 Å². The number of aromatic amines is 1. The molecule has 102 valence electrons. The molecule has 0 spiro atoms. The Labute approximate surface area is 119 Å². The van der Waals surface area contributed by atoms with E-state index in [0.29, 0.717) is 5.75 Å². The van der Waals surface area contributed by atoms with Crippen molar-refractivity contribution in [1.29, 1.82) is 10.5 Å². The summed E-state index contributed by atoms with van der Waals surface area (Å²) < 4.78 is 5.45. The van der Waals surface area contributed by atoms with Crippen LogP contribution in [0.2, 0.25) is 0 Å². The molecule has 0 radical (unpaired) electrons. The van der Waals surface area contributed by atoms with Crippen molar-refractivity contribution in [2.75, 3.05) is 11.9 Å². The van der Waals surface area contributed by atoms with Crippen molar-refractivity contribution >= 4 is 11.9 Å². The fourth-order valence-electron chi connectivity index (χ4n) is 2.18. The zero-order chi connectivity index (χ0) is 14.8. The maximum atomic E-state index is 12.3. The van der Waals surface area contributed by atoms with Crippen molar-refractivity contribution in [3.63, 3.8) is 0 Å². The van der Waals surface area contributed by atoms with Gasteiger partial charge in [-0.2, -0.15) is 10.5 Å². The van der Waals surface area contributed by atoms with Crippen LogP contribution >= 0.6 is 0 Å². The summed E-state index contributed by atoms with van der Waals surface area (Å²) in [6, 6.07) is 10.9. The third-order valence-corrected chi connectivity index (χ3v) is 3.18. The minimum absolute atomic E-state index is 0.0240. The Morgan fingerprint density at radius 2 is 2.19 bits per heavy atom. The molecule has 0 fully saturated rings. The van der Waals surface area contributed by atoms with Crippen LogP contribution in [0.25, 0.3) is 0 Å². The van der Waals surface area contributed by atoms with E-state index in [4.69, 9.17) is 15.3 Å². The SMILES string of the molecule is N#Cc1nc(NC(=O)[C@H]2COc3ccccc32)[nH]c1C#N. The molecule has 1 aromatic heterocycles. The first-order valence-electron chi connectivity index (χ1n) is 6.15. The number of anilines is 1. The summed E-state index contributed by atoms with van der Waals surface area (Å²) in [6.07, 6.45) is 0. The standard InChI is InChI=1S/C14H9N5O2/c15-5-10-11(6-16)18-14(17-10)19-13(20)9-7-21-12-4-2-1-3-8(9)12/h1-4,9H,7H2,(H2,17,18,19,20)/t9-/m0/s1. The van der Waals surface area contributed by atoms with E-state index in [1.54, 1.807) is 12.1 Å². The van der Waals surface area contributed by atoms with Gasteiger partial charge >= 0.3 is 0 Å². The molecule has 0 saturated carbocycles. The van der Waals surface area contributed by atoms with Gasteiger partial charge in [-0.15, -0.1) is 0 Å². The van der Waals surface area contributed by atoms with Gasteiger partial charge in [-0.05, 0) is 6.07 Å². The number of hydrogen-bond donors (Lipinski definition) is 2. The number of nitrogens with zero attached hydrogens (tertiary/aromatic N) is 3. The van der Waals surface area contributed by atoms with E-state index >= 15 is 0 Å². The number of para-hydroxylation sites is 1. The van der Waals surface area contributed by atoms with E-state index in [1.165, 1.54) is 0 Å². The first kappa shape index (κ1) is 12.7. The average molecular weight is 279 g/mol. The normalized spacial score (nSPS) is 15.4. The molecule has 2 heterocycles. The lowest BCUT2D eigenvalue weighted by atomic mass is 10.0. The van der Waals surface area contributed by atoms with E-state index in [-0.39, 0.29) is 29.9 Å². The van der Waals surface area contributed by atoms with E-state index in [2.05, 4.69) is 15.3 Å². The van der Waals surface area contributed by atoms with Crippen LogP contribution in [0.15, 0.2) is 24.3 Å². The molecule has 0 bridgehead atoms. The highest BCUT2D eigenvalue weighted by atomic mass is 16.5. The molecule has 0 saturated heterocycles. The molecule has 7 heteroatoms. The first-order valence-corrected chi connectivity index (χ1v) is 6.15. The number of aromatic nitrogens is 2. The second-order valence-corrected chi connectivity index (χ2v) is 4.42. The molecule has 1 aliphatic heterocycles. The van der Waals surface area contributed by atoms with Gasteiger partial charge in [0.15, 0.2) is 11.4 Å². The predicted octanol–water partition coefficient (Wildman–Crippen LogP) is 1.27. The molecule has 1 aromatic carbocycles. The fourth-order valence-corrected chi connectivity index (χ4v) is 2.18. The number of H-pyrrole nitrogens is 1. The Morgan fingerprint density at radius 3 is 2.90 bits per heavy atom. The zero-order valence-electron chi connectivity index (χ0n) is 10.8. The number of amides is 1. The number of carbonyl (C=O) groups is 1. The topological polar surface area (TPSA) is 115 Å². The van der Waals surface area contributed by atoms with Crippen LogP contribution < -0.4 is 10.1 Å². The molecule has 0 unspecified atom stereocenters. The van der Waals surface area contributed by atoms with Crippen LogP contribution in [0, 0.1) is 22.7 Å². The molecular formula is C14H9N5O2. The number of carbonyl (C=O) groups excluding carboxylic acids is 1. The molecule has 21 heavy (non-hydrogen) atoms. The number of nitriles is 2. The fraction of sp³-hybridized carbons (Fsp3) is 0.143. The maximum absolute atomic E-state index is 12.3.